The molecule has 1 aliphatic heterocycles. The summed E-state index contributed by atoms with van der Waals surface area (Å²) in [7, 11) is 1.43. The number of carbonyl (C=O) groups is 1. The molecule has 4 nitrogen and oxygen atoms in total. The minimum Gasteiger partial charge on any atom is -0.469 e. The van der Waals surface area contributed by atoms with E-state index in [1.165, 1.54) is 39.2 Å². The molecule has 1 fully saturated rings. The van der Waals surface area contributed by atoms with Crippen LogP contribution in [0.25, 0.3) is 0 Å². The van der Waals surface area contributed by atoms with Gasteiger partial charge in [-0.05, 0) is 13.0 Å². The maximum Gasteiger partial charge on any atom is 0.308 e. The predicted molar refractivity (Wildman–Crippen MR) is 71.6 cm³/mol. The molecule has 1 rings (SSSR count). The van der Waals surface area contributed by atoms with Gasteiger partial charge in [-0.1, -0.05) is 32.6 Å². The van der Waals surface area contributed by atoms with Crippen LogP contribution in [0.5, 0.6) is 0 Å². The quantitative estimate of drug-likeness (QED) is 0.494. The molecule has 0 bridgehead atoms. The molecule has 0 saturated carbocycles. The largest absolute Gasteiger partial charge is 0.469 e. The summed E-state index contributed by atoms with van der Waals surface area (Å²) < 4.78 is 10.3. The molecule has 0 N–H and O–H groups in total. The number of ether oxygens (including phenoxy) is 2. The minimum absolute atomic E-state index is 0.0156. The molecule has 1 unspecified atom stereocenters. The molecule has 0 radical (unpaired) electrons. The molecule has 1 aliphatic rings. The van der Waals surface area contributed by atoms with Crippen LogP contribution in [-0.4, -0.2) is 50.3 Å². The van der Waals surface area contributed by atoms with Crippen LogP contribution in [0.3, 0.4) is 0 Å². The minimum atomic E-state index is -0.176. The lowest BCUT2D eigenvalue weighted by molar-refractivity contribution is -0.145. The normalized spacial score (nSPS) is 20.9. The van der Waals surface area contributed by atoms with Crippen molar-refractivity contribution in [2.45, 2.75) is 51.6 Å². The van der Waals surface area contributed by atoms with Crippen molar-refractivity contribution in [1.82, 2.24) is 4.90 Å². The molecule has 0 aromatic heterocycles. The number of methoxy groups -OCH3 is 1. The highest BCUT2D eigenvalue weighted by molar-refractivity contribution is 5.69. The first kappa shape index (κ1) is 15.4. The van der Waals surface area contributed by atoms with Gasteiger partial charge < -0.3 is 9.47 Å². The number of carbonyl (C=O) groups excluding carboxylic acids is 1. The average Bonchev–Trinajstić information content (AvgIpc) is 2.39. The Kier molecular flexibility index (Phi) is 8.01. The summed E-state index contributed by atoms with van der Waals surface area (Å²) in [6, 6.07) is 0. The third-order valence-electron chi connectivity index (χ3n) is 3.42. The summed E-state index contributed by atoms with van der Waals surface area (Å²) in [6.07, 6.45) is 6.93. The standard InChI is InChI=1S/C14H27NO3/c1-3-4-5-6-7-8-15-9-10-18-13(12-15)11-14(16)17-2/h13H,3-12H2,1-2H3. The first-order chi connectivity index (χ1) is 8.76. The van der Waals surface area contributed by atoms with Crippen molar-refractivity contribution in [3.05, 3.63) is 0 Å². The highest BCUT2D eigenvalue weighted by Crippen LogP contribution is 2.11. The third kappa shape index (κ3) is 6.36. The number of hydrogen-bond donors (Lipinski definition) is 0. The highest BCUT2D eigenvalue weighted by Gasteiger charge is 2.22. The molecule has 0 spiro atoms. The zero-order valence-corrected chi connectivity index (χ0v) is 11.8. The molecule has 4 heteroatoms. The van der Waals surface area contributed by atoms with E-state index in [1.807, 2.05) is 0 Å². The number of rotatable bonds is 8. The van der Waals surface area contributed by atoms with E-state index in [0.717, 1.165) is 26.2 Å². The van der Waals surface area contributed by atoms with E-state index in [2.05, 4.69) is 16.6 Å². The van der Waals surface area contributed by atoms with Crippen molar-refractivity contribution in [1.29, 1.82) is 0 Å². The van der Waals surface area contributed by atoms with Crippen LogP contribution >= 0.6 is 0 Å². The van der Waals surface area contributed by atoms with Gasteiger partial charge >= 0.3 is 5.97 Å². The van der Waals surface area contributed by atoms with E-state index in [4.69, 9.17) is 4.74 Å². The Morgan fingerprint density at radius 2 is 2.11 bits per heavy atom. The fourth-order valence-corrected chi connectivity index (χ4v) is 2.32. The van der Waals surface area contributed by atoms with Gasteiger partial charge in [0.1, 0.15) is 0 Å². The molecule has 1 heterocycles. The fraction of sp³-hybridized carbons (Fsp3) is 0.929. The predicted octanol–water partition coefficient (Wildman–Crippen LogP) is 2.22. The number of morpholine rings is 1. The SMILES string of the molecule is CCCCCCCN1CCOC(CC(=O)OC)C1. The molecule has 1 atom stereocenters. The second-order valence-corrected chi connectivity index (χ2v) is 4.99. The summed E-state index contributed by atoms with van der Waals surface area (Å²) >= 11 is 0. The topological polar surface area (TPSA) is 38.8 Å². The monoisotopic (exact) mass is 257 g/mol. The highest BCUT2D eigenvalue weighted by atomic mass is 16.5. The zero-order valence-electron chi connectivity index (χ0n) is 11.8. The molecule has 0 aromatic carbocycles. The van der Waals surface area contributed by atoms with Crippen LogP contribution < -0.4 is 0 Å². The lowest BCUT2D eigenvalue weighted by atomic mass is 10.1. The van der Waals surface area contributed by atoms with Crippen LogP contribution in [-0.2, 0) is 14.3 Å². The lowest BCUT2D eigenvalue weighted by Gasteiger charge is -2.32. The molecule has 0 aromatic rings. The summed E-state index contributed by atoms with van der Waals surface area (Å²) in [5, 5.41) is 0. The van der Waals surface area contributed by atoms with Gasteiger partial charge in [0.05, 0.1) is 26.2 Å². The average molecular weight is 257 g/mol. The second kappa shape index (κ2) is 9.34. The Morgan fingerprint density at radius 1 is 1.33 bits per heavy atom. The van der Waals surface area contributed by atoms with Gasteiger partial charge in [0, 0.05) is 13.1 Å². The summed E-state index contributed by atoms with van der Waals surface area (Å²) in [5.74, 6) is -0.176. The van der Waals surface area contributed by atoms with E-state index in [0.29, 0.717) is 6.42 Å². The first-order valence-corrected chi connectivity index (χ1v) is 7.17. The van der Waals surface area contributed by atoms with E-state index in [9.17, 15) is 4.79 Å². The smallest absolute Gasteiger partial charge is 0.308 e. The number of esters is 1. The van der Waals surface area contributed by atoms with Gasteiger partial charge in [-0.3, -0.25) is 9.69 Å². The Bertz CT molecular complexity index is 233. The Balaban J connectivity index is 2.12. The summed E-state index contributed by atoms with van der Waals surface area (Å²) in [5.41, 5.74) is 0. The number of unbranched alkanes of at least 4 members (excludes halogenated alkanes) is 4. The molecule has 0 aliphatic carbocycles. The van der Waals surface area contributed by atoms with Crippen molar-refractivity contribution in [2.24, 2.45) is 0 Å². The molecule has 18 heavy (non-hydrogen) atoms. The second-order valence-electron chi connectivity index (χ2n) is 4.99. The van der Waals surface area contributed by atoms with Crippen molar-refractivity contribution in [3.8, 4) is 0 Å². The van der Waals surface area contributed by atoms with Crippen molar-refractivity contribution in [3.63, 3.8) is 0 Å². The van der Waals surface area contributed by atoms with Gasteiger partial charge in [0.25, 0.3) is 0 Å². The fourth-order valence-electron chi connectivity index (χ4n) is 2.32. The van der Waals surface area contributed by atoms with Crippen LogP contribution in [0.15, 0.2) is 0 Å². The van der Waals surface area contributed by atoms with Crippen molar-refractivity contribution < 1.29 is 14.3 Å². The third-order valence-corrected chi connectivity index (χ3v) is 3.42. The van der Waals surface area contributed by atoms with Crippen LogP contribution in [0.2, 0.25) is 0 Å². The number of hydrogen-bond acceptors (Lipinski definition) is 4. The van der Waals surface area contributed by atoms with Crippen LogP contribution in [0.1, 0.15) is 45.4 Å². The number of nitrogens with zero attached hydrogens (tertiary/aromatic N) is 1. The van der Waals surface area contributed by atoms with Crippen LogP contribution in [0, 0.1) is 0 Å². The van der Waals surface area contributed by atoms with Crippen molar-refractivity contribution in [2.75, 3.05) is 33.4 Å². The maximum absolute atomic E-state index is 11.2. The Labute approximate surface area is 111 Å². The molecule has 0 amide bonds. The van der Waals surface area contributed by atoms with E-state index in [-0.39, 0.29) is 12.1 Å². The molecule has 106 valence electrons. The zero-order chi connectivity index (χ0) is 13.2. The lowest BCUT2D eigenvalue weighted by Crippen LogP contribution is -2.43. The molecule has 1 saturated heterocycles. The van der Waals surface area contributed by atoms with E-state index >= 15 is 0 Å². The Morgan fingerprint density at radius 3 is 2.83 bits per heavy atom. The van der Waals surface area contributed by atoms with Crippen molar-refractivity contribution >= 4 is 5.97 Å². The first-order valence-electron chi connectivity index (χ1n) is 7.17. The van der Waals surface area contributed by atoms with Gasteiger partial charge in [0.15, 0.2) is 0 Å². The molecular formula is C14H27NO3. The summed E-state index contributed by atoms with van der Waals surface area (Å²) in [6.45, 7) is 5.95. The van der Waals surface area contributed by atoms with Gasteiger partial charge in [-0.2, -0.15) is 0 Å². The van der Waals surface area contributed by atoms with Gasteiger partial charge in [0.2, 0.25) is 0 Å². The maximum atomic E-state index is 11.2. The Hall–Kier alpha value is -0.610. The molecular weight excluding hydrogens is 230 g/mol. The van der Waals surface area contributed by atoms with Gasteiger partial charge in [-0.25, -0.2) is 0 Å². The van der Waals surface area contributed by atoms with Gasteiger partial charge in [-0.15, -0.1) is 0 Å². The van der Waals surface area contributed by atoms with E-state index < -0.39 is 0 Å². The van der Waals surface area contributed by atoms with Crippen LogP contribution in [0.4, 0.5) is 0 Å². The summed E-state index contributed by atoms with van der Waals surface area (Å²) in [4.78, 5) is 13.6. The van der Waals surface area contributed by atoms with E-state index in [1.54, 1.807) is 0 Å².